The molecule has 0 bridgehead atoms. The van der Waals surface area contributed by atoms with Crippen LogP contribution in [0.25, 0.3) is 0 Å². The lowest BCUT2D eigenvalue weighted by atomic mass is 10.1. The molecule has 0 radical (unpaired) electrons. The van der Waals surface area contributed by atoms with E-state index in [0.29, 0.717) is 18.6 Å². The minimum Gasteiger partial charge on any atom is -0.489 e. The van der Waals surface area contributed by atoms with Crippen LogP contribution in [0.5, 0.6) is 5.75 Å². The maximum absolute atomic E-state index is 13.8. The van der Waals surface area contributed by atoms with Crippen molar-refractivity contribution < 1.29 is 22.5 Å². The van der Waals surface area contributed by atoms with E-state index in [1.165, 1.54) is 0 Å². The molecule has 0 saturated heterocycles. The summed E-state index contributed by atoms with van der Waals surface area (Å²) in [6.07, 6.45) is 0.570. The zero-order valence-electron chi connectivity index (χ0n) is 11.0. The maximum Gasteiger partial charge on any atom is 0.274 e. The fourth-order valence-electron chi connectivity index (χ4n) is 1.41. The van der Waals surface area contributed by atoms with Crippen molar-refractivity contribution in [3.63, 3.8) is 0 Å². The smallest absolute Gasteiger partial charge is 0.274 e. The highest BCUT2D eigenvalue weighted by atomic mass is 32.2. The lowest BCUT2D eigenvalue weighted by molar-refractivity contribution is -0.385. The van der Waals surface area contributed by atoms with Crippen molar-refractivity contribution in [2.75, 3.05) is 6.61 Å². The second-order valence-electron chi connectivity index (χ2n) is 4.59. The van der Waals surface area contributed by atoms with E-state index in [4.69, 9.17) is 9.88 Å². The molecule has 9 heteroatoms. The van der Waals surface area contributed by atoms with Crippen molar-refractivity contribution >= 4 is 15.7 Å². The van der Waals surface area contributed by atoms with Crippen LogP contribution in [0.2, 0.25) is 0 Å². The summed E-state index contributed by atoms with van der Waals surface area (Å²) in [5.41, 5.74) is -0.706. The van der Waals surface area contributed by atoms with Crippen LogP contribution in [0.15, 0.2) is 17.0 Å². The van der Waals surface area contributed by atoms with Gasteiger partial charge in [0.1, 0.15) is 4.90 Å². The SMILES string of the molecule is CC(C)CCOc1c(F)cc([N+](=O)[O-])cc1S(N)(=O)=O. The molecule has 1 rings (SSSR count). The molecule has 2 N–H and O–H groups in total. The van der Waals surface area contributed by atoms with Gasteiger partial charge in [-0.3, -0.25) is 10.1 Å². The van der Waals surface area contributed by atoms with Crippen molar-refractivity contribution in [3.05, 3.63) is 28.1 Å². The normalized spacial score (nSPS) is 11.7. The first kappa shape index (κ1) is 16.3. The molecule has 0 aliphatic rings. The molecule has 0 aliphatic carbocycles. The van der Waals surface area contributed by atoms with Gasteiger partial charge in [-0.05, 0) is 12.3 Å². The van der Waals surface area contributed by atoms with Gasteiger partial charge in [-0.1, -0.05) is 13.8 Å². The number of nitrogens with two attached hydrogens (primary N) is 1. The summed E-state index contributed by atoms with van der Waals surface area (Å²) in [5.74, 6) is -1.44. The third-order valence-corrected chi connectivity index (χ3v) is 3.37. The van der Waals surface area contributed by atoms with Crippen molar-refractivity contribution in [2.24, 2.45) is 11.1 Å². The molecule has 0 amide bonds. The summed E-state index contributed by atoms with van der Waals surface area (Å²) >= 11 is 0. The first-order valence-corrected chi connectivity index (χ1v) is 7.31. The lowest BCUT2D eigenvalue weighted by Gasteiger charge is -2.12. The van der Waals surface area contributed by atoms with Crippen molar-refractivity contribution in [2.45, 2.75) is 25.2 Å². The molecule has 7 nitrogen and oxygen atoms in total. The van der Waals surface area contributed by atoms with Crippen molar-refractivity contribution in [3.8, 4) is 5.75 Å². The molecular weight excluding hydrogens is 291 g/mol. The Balaban J connectivity index is 3.24. The Morgan fingerprint density at radius 1 is 1.45 bits per heavy atom. The van der Waals surface area contributed by atoms with E-state index in [9.17, 15) is 22.9 Å². The molecule has 1 aromatic carbocycles. The Morgan fingerprint density at radius 3 is 2.50 bits per heavy atom. The Morgan fingerprint density at radius 2 is 2.05 bits per heavy atom. The molecular formula is C11H15FN2O5S. The van der Waals surface area contributed by atoms with E-state index in [1.54, 1.807) is 0 Å². The van der Waals surface area contributed by atoms with E-state index in [0.717, 1.165) is 0 Å². The number of non-ortho nitro benzene ring substituents is 1. The Hall–Kier alpha value is -1.74. The van der Waals surface area contributed by atoms with E-state index in [-0.39, 0.29) is 12.5 Å². The maximum atomic E-state index is 13.8. The summed E-state index contributed by atoms with van der Waals surface area (Å²) in [7, 11) is -4.33. The number of nitrogens with zero attached hydrogens (tertiary/aromatic N) is 1. The van der Waals surface area contributed by atoms with E-state index in [1.807, 2.05) is 13.8 Å². The van der Waals surface area contributed by atoms with Gasteiger partial charge in [0.15, 0.2) is 11.6 Å². The van der Waals surface area contributed by atoms with Gasteiger partial charge >= 0.3 is 0 Å². The standard InChI is InChI=1S/C11H15FN2O5S/c1-7(2)3-4-19-11-9(12)5-8(14(15)16)6-10(11)20(13,17)18/h5-7H,3-4H2,1-2H3,(H2,13,17,18). The minimum absolute atomic E-state index is 0.0783. The average Bonchev–Trinajstić information content (AvgIpc) is 2.28. The monoisotopic (exact) mass is 306 g/mol. The molecule has 0 spiro atoms. The Bertz CT molecular complexity index is 615. The van der Waals surface area contributed by atoms with E-state index >= 15 is 0 Å². The Labute approximate surface area is 115 Å². The third kappa shape index (κ3) is 4.14. The number of primary sulfonamides is 1. The van der Waals surface area contributed by atoms with Gasteiger partial charge in [0.25, 0.3) is 5.69 Å². The second-order valence-corrected chi connectivity index (χ2v) is 6.12. The van der Waals surface area contributed by atoms with Crippen LogP contribution < -0.4 is 9.88 Å². The highest BCUT2D eigenvalue weighted by Crippen LogP contribution is 2.31. The topological polar surface area (TPSA) is 113 Å². The predicted molar refractivity (Wildman–Crippen MR) is 69.4 cm³/mol. The molecule has 0 fully saturated rings. The van der Waals surface area contributed by atoms with Crippen LogP contribution in [-0.4, -0.2) is 19.9 Å². The second kappa shape index (κ2) is 6.14. The first-order valence-electron chi connectivity index (χ1n) is 5.76. The molecule has 0 aromatic heterocycles. The van der Waals surface area contributed by atoms with Crippen LogP contribution in [0.3, 0.4) is 0 Å². The van der Waals surface area contributed by atoms with Crippen LogP contribution in [-0.2, 0) is 10.0 Å². The average molecular weight is 306 g/mol. The van der Waals surface area contributed by atoms with Gasteiger partial charge in [-0.25, -0.2) is 17.9 Å². The first-order chi connectivity index (χ1) is 9.12. The fourth-order valence-corrected chi connectivity index (χ4v) is 2.11. The number of nitro benzene ring substituents is 1. The predicted octanol–water partition coefficient (Wildman–Crippen LogP) is 1.81. The molecule has 0 heterocycles. The van der Waals surface area contributed by atoms with Gasteiger partial charge in [-0.2, -0.15) is 0 Å². The van der Waals surface area contributed by atoms with Crippen LogP contribution >= 0.6 is 0 Å². The van der Waals surface area contributed by atoms with Crippen molar-refractivity contribution in [1.29, 1.82) is 0 Å². The van der Waals surface area contributed by atoms with E-state index < -0.39 is 37.1 Å². The number of benzene rings is 1. The molecule has 112 valence electrons. The molecule has 0 aliphatic heterocycles. The van der Waals surface area contributed by atoms with E-state index in [2.05, 4.69) is 0 Å². The number of sulfonamides is 1. The number of hydrogen-bond acceptors (Lipinski definition) is 5. The number of rotatable bonds is 6. The molecule has 1 aromatic rings. The molecule has 20 heavy (non-hydrogen) atoms. The van der Waals surface area contributed by atoms with Gasteiger partial charge in [0, 0.05) is 6.07 Å². The largest absolute Gasteiger partial charge is 0.489 e. The number of ether oxygens (including phenoxy) is 1. The quantitative estimate of drug-likeness (QED) is 0.636. The molecule has 0 saturated carbocycles. The van der Waals surface area contributed by atoms with Gasteiger partial charge < -0.3 is 4.74 Å². The number of hydrogen-bond donors (Lipinski definition) is 1. The minimum atomic E-state index is -4.33. The van der Waals surface area contributed by atoms with Gasteiger partial charge in [-0.15, -0.1) is 0 Å². The third-order valence-electron chi connectivity index (χ3n) is 2.45. The zero-order valence-corrected chi connectivity index (χ0v) is 11.8. The lowest BCUT2D eigenvalue weighted by Crippen LogP contribution is -2.16. The number of nitro groups is 1. The van der Waals surface area contributed by atoms with Crippen molar-refractivity contribution in [1.82, 2.24) is 0 Å². The Kier molecular flexibility index (Phi) is 5.01. The van der Waals surface area contributed by atoms with Gasteiger partial charge in [0.05, 0.1) is 17.6 Å². The molecule has 0 atom stereocenters. The zero-order chi connectivity index (χ0) is 15.5. The highest BCUT2D eigenvalue weighted by molar-refractivity contribution is 7.89. The summed E-state index contributed by atoms with van der Waals surface area (Å²) in [6, 6.07) is 1.28. The van der Waals surface area contributed by atoms with Crippen LogP contribution in [0.4, 0.5) is 10.1 Å². The molecule has 0 unspecified atom stereocenters. The van der Waals surface area contributed by atoms with Crippen LogP contribution in [0.1, 0.15) is 20.3 Å². The number of halogens is 1. The summed E-state index contributed by atoms with van der Waals surface area (Å²) in [5, 5.41) is 15.5. The fraction of sp³-hybridized carbons (Fsp3) is 0.455. The summed E-state index contributed by atoms with van der Waals surface area (Å²) in [6.45, 7) is 3.90. The van der Waals surface area contributed by atoms with Crippen LogP contribution in [0, 0.1) is 21.8 Å². The van der Waals surface area contributed by atoms with Gasteiger partial charge in [0.2, 0.25) is 10.0 Å². The summed E-state index contributed by atoms with van der Waals surface area (Å²) in [4.78, 5) is 8.97. The highest BCUT2D eigenvalue weighted by Gasteiger charge is 2.24. The summed E-state index contributed by atoms with van der Waals surface area (Å²) < 4.78 is 41.6.